The Morgan fingerprint density at radius 3 is 1.28 bits per heavy atom. The van der Waals surface area contributed by atoms with Crippen molar-refractivity contribution < 1.29 is 0 Å². The largest absolute Gasteiger partial charge is 0.172 e. The van der Waals surface area contributed by atoms with Crippen LogP contribution in [0, 0.1) is 11.8 Å². The van der Waals surface area contributed by atoms with Crippen LogP contribution in [-0.4, -0.2) is 8.75 Å². The van der Waals surface area contributed by atoms with Gasteiger partial charge in [-0.25, -0.2) is 0 Å². The van der Waals surface area contributed by atoms with E-state index < -0.39 is 0 Å². The fourth-order valence-electron chi connectivity index (χ4n) is 7.95. The van der Waals surface area contributed by atoms with E-state index in [2.05, 4.69) is 125 Å². The summed E-state index contributed by atoms with van der Waals surface area (Å²) in [6.45, 7) is 9.29. The van der Waals surface area contributed by atoms with E-state index in [9.17, 15) is 0 Å². The normalized spacial score (nSPS) is 12.9. The van der Waals surface area contributed by atoms with Crippen molar-refractivity contribution in [2.75, 3.05) is 0 Å². The molecular formula is C48H54N2S3. The molecule has 0 amide bonds. The summed E-state index contributed by atoms with van der Waals surface area (Å²) in [6, 6.07) is 36.6. The molecule has 4 aromatic carbocycles. The highest BCUT2D eigenvalue weighted by Gasteiger charge is 2.22. The molecule has 0 radical (unpaired) electrons. The molecule has 3 aromatic heterocycles. The van der Waals surface area contributed by atoms with Crippen molar-refractivity contribution in [1.82, 2.24) is 8.75 Å². The molecule has 0 spiro atoms. The standard InChI is InChI=1S/C48H54N2S3/c1-5-9-13-33(7-3)17-19-35-21-25-37(26-22-35)41-29-31-43(51-41)45-39-15-11-12-16-40(39)46(48-47(45)49-53-50-48)44-32-30-42(52-44)38-27-23-36(24-28-38)20-18-34(8-4)14-10-6-2/h11-12,15-16,21-34H,5-10,13-14,17-20H2,1-4H3. The minimum Gasteiger partial charge on any atom is -0.172 e. The van der Waals surface area contributed by atoms with Gasteiger partial charge < -0.3 is 0 Å². The Balaban J connectivity index is 1.13. The van der Waals surface area contributed by atoms with Crippen LogP contribution in [0.15, 0.2) is 97.1 Å². The molecule has 274 valence electrons. The molecule has 0 N–H and O–H groups in total. The Kier molecular flexibility index (Phi) is 12.9. The third-order valence-electron chi connectivity index (χ3n) is 11.4. The second-order valence-electron chi connectivity index (χ2n) is 14.9. The van der Waals surface area contributed by atoms with Gasteiger partial charge in [0.1, 0.15) is 11.0 Å². The smallest absolute Gasteiger partial charge is 0.114 e. The topological polar surface area (TPSA) is 25.8 Å². The Bertz CT molecular complexity index is 2050. The monoisotopic (exact) mass is 754 g/mol. The third-order valence-corrected chi connectivity index (χ3v) is 14.2. The molecule has 0 saturated heterocycles. The highest BCUT2D eigenvalue weighted by molar-refractivity contribution is 7.19. The lowest BCUT2D eigenvalue weighted by Crippen LogP contribution is -2.01. The summed E-state index contributed by atoms with van der Waals surface area (Å²) in [5.41, 5.74) is 9.88. The maximum absolute atomic E-state index is 4.95. The number of benzene rings is 4. The first-order valence-electron chi connectivity index (χ1n) is 20.2. The second-order valence-corrected chi connectivity index (χ2v) is 17.6. The summed E-state index contributed by atoms with van der Waals surface area (Å²) in [4.78, 5) is 5.07. The number of thiophene rings is 2. The molecular weight excluding hydrogens is 701 g/mol. The number of rotatable bonds is 18. The zero-order valence-corrected chi connectivity index (χ0v) is 34.4. The van der Waals surface area contributed by atoms with Crippen molar-refractivity contribution in [3.05, 3.63) is 108 Å². The van der Waals surface area contributed by atoms with Gasteiger partial charge >= 0.3 is 0 Å². The molecule has 2 nitrogen and oxygen atoms in total. The summed E-state index contributed by atoms with van der Waals surface area (Å²) >= 11 is 5.05. The predicted octanol–water partition coefficient (Wildman–Crippen LogP) is 15.9. The quantitative estimate of drug-likeness (QED) is 0.0872. The molecule has 0 aliphatic heterocycles. The maximum Gasteiger partial charge on any atom is 0.114 e. The van der Waals surface area contributed by atoms with E-state index in [-0.39, 0.29) is 0 Å². The molecule has 5 heteroatoms. The second kappa shape index (κ2) is 18.1. The molecule has 3 heterocycles. The lowest BCUT2D eigenvalue weighted by molar-refractivity contribution is 0.422. The minimum absolute atomic E-state index is 0.843. The SMILES string of the molecule is CCCCC(CC)CCc1ccc(-c2ccc(-c3c4ccccc4c(-c4ccc(-c5ccc(CCC(CC)CCCC)cc5)s4)c4nsnc34)s2)cc1. The average Bonchev–Trinajstić information content (AvgIpc) is 4.00. The lowest BCUT2D eigenvalue weighted by Gasteiger charge is -2.14. The Morgan fingerprint density at radius 2 is 0.887 bits per heavy atom. The van der Waals surface area contributed by atoms with Crippen molar-refractivity contribution in [3.8, 4) is 41.8 Å². The van der Waals surface area contributed by atoms with Gasteiger partial charge in [0.2, 0.25) is 0 Å². The van der Waals surface area contributed by atoms with Gasteiger partial charge in [-0.2, -0.15) is 8.75 Å². The summed E-state index contributed by atoms with van der Waals surface area (Å²) in [7, 11) is 0. The van der Waals surface area contributed by atoms with E-state index >= 15 is 0 Å². The van der Waals surface area contributed by atoms with Crippen molar-refractivity contribution >= 4 is 56.2 Å². The van der Waals surface area contributed by atoms with E-state index in [0.29, 0.717) is 0 Å². The maximum atomic E-state index is 4.95. The van der Waals surface area contributed by atoms with Gasteiger partial charge in [-0.3, -0.25) is 0 Å². The summed E-state index contributed by atoms with van der Waals surface area (Å²) in [6.07, 6.45) is 15.5. The number of fused-ring (bicyclic) bond motifs is 2. The summed E-state index contributed by atoms with van der Waals surface area (Å²) in [5, 5.41) is 2.48. The zero-order valence-electron chi connectivity index (χ0n) is 32.0. The highest BCUT2D eigenvalue weighted by atomic mass is 32.1. The molecule has 0 aliphatic rings. The zero-order chi connectivity index (χ0) is 36.6. The third kappa shape index (κ3) is 8.69. The van der Waals surface area contributed by atoms with Crippen molar-refractivity contribution in [2.24, 2.45) is 11.8 Å². The van der Waals surface area contributed by atoms with Gasteiger partial charge in [0.15, 0.2) is 0 Å². The first-order valence-corrected chi connectivity index (χ1v) is 22.5. The van der Waals surface area contributed by atoms with Crippen LogP contribution in [0.3, 0.4) is 0 Å². The average molecular weight is 755 g/mol. The van der Waals surface area contributed by atoms with Crippen molar-refractivity contribution in [1.29, 1.82) is 0 Å². The Hall–Kier alpha value is -3.64. The molecule has 53 heavy (non-hydrogen) atoms. The molecule has 2 unspecified atom stereocenters. The van der Waals surface area contributed by atoms with E-state index in [1.165, 1.54) is 152 Å². The van der Waals surface area contributed by atoms with Crippen LogP contribution in [0.4, 0.5) is 0 Å². The van der Waals surface area contributed by atoms with Crippen LogP contribution in [0.5, 0.6) is 0 Å². The number of aryl methyl sites for hydroxylation is 2. The minimum atomic E-state index is 0.843. The van der Waals surface area contributed by atoms with E-state index in [1.54, 1.807) is 0 Å². The fraction of sp³-hybridized carbons (Fsp3) is 0.375. The van der Waals surface area contributed by atoms with Crippen LogP contribution in [-0.2, 0) is 12.8 Å². The lowest BCUT2D eigenvalue weighted by atomic mass is 9.92. The molecule has 0 fully saturated rings. The van der Waals surface area contributed by atoms with Gasteiger partial charge in [0.25, 0.3) is 0 Å². The van der Waals surface area contributed by atoms with Crippen LogP contribution >= 0.6 is 34.4 Å². The van der Waals surface area contributed by atoms with E-state index in [1.807, 2.05) is 22.7 Å². The summed E-state index contributed by atoms with van der Waals surface area (Å²) in [5.74, 6) is 1.69. The number of aromatic nitrogens is 2. The van der Waals surface area contributed by atoms with Crippen molar-refractivity contribution in [3.63, 3.8) is 0 Å². The van der Waals surface area contributed by atoms with Crippen LogP contribution in [0.2, 0.25) is 0 Å². The number of hydrogen-bond donors (Lipinski definition) is 0. The predicted molar refractivity (Wildman–Crippen MR) is 236 cm³/mol. The Morgan fingerprint density at radius 1 is 0.472 bits per heavy atom. The Labute approximate surface area is 329 Å². The molecule has 0 bridgehead atoms. The molecule has 7 rings (SSSR count). The summed E-state index contributed by atoms with van der Waals surface area (Å²) < 4.78 is 9.91. The first-order chi connectivity index (χ1) is 26.1. The molecule has 2 atom stereocenters. The van der Waals surface area contributed by atoms with E-state index in [4.69, 9.17) is 8.75 Å². The van der Waals surface area contributed by atoms with Crippen molar-refractivity contribution in [2.45, 2.75) is 105 Å². The van der Waals surface area contributed by atoms with Crippen LogP contribution in [0.25, 0.3) is 63.6 Å². The number of hydrogen-bond acceptors (Lipinski definition) is 5. The number of nitrogens with zero attached hydrogens (tertiary/aromatic N) is 2. The van der Waals surface area contributed by atoms with Gasteiger partial charge in [-0.1, -0.05) is 152 Å². The highest BCUT2D eigenvalue weighted by Crippen LogP contribution is 2.47. The van der Waals surface area contributed by atoms with E-state index in [0.717, 1.165) is 22.9 Å². The van der Waals surface area contributed by atoms with Crippen LogP contribution < -0.4 is 0 Å². The van der Waals surface area contributed by atoms with Gasteiger partial charge in [-0.05, 0) is 94.8 Å². The van der Waals surface area contributed by atoms with Crippen LogP contribution in [0.1, 0.15) is 103 Å². The fourth-order valence-corrected chi connectivity index (χ4v) is 10.7. The van der Waals surface area contributed by atoms with Gasteiger partial charge in [0, 0.05) is 30.6 Å². The first kappa shape index (κ1) is 37.7. The van der Waals surface area contributed by atoms with Gasteiger partial charge in [-0.15, -0.1) is 22.7 Å². The molecule has 7 aromatic rings. The molecule has 0 aliphatic carbocycles. The van der Waals surface area contributed by atoms with Gasteiger partial charge in [0.05, 0.1) is 11.7 Å². The number of unbranched alkanes of at least 4 members (excludes halogenated alkanes) is 2. The molecule has 0 saturated carbocycles.